The predicted molar refractivity (Wildman–Crippen MR) is 105 cm³/mol. The molecule has 0 unspecified atom stereocenters. The Bertz CT molecular complexity index is 953. The number of halogens is 1. The monoisotopic (exact) mass is 395 g/mol. The summed E-state index contributed by atoms with van der Waals surface area (Å²) in [5, 5.41) is 3.77. The van der Waals surface area contributed by atoms with E-state index in [2.05, 4.69) is 5.32 Å². The van der Waals surface area contributed by atoms with E-state index in [0.717, 1.165) is 16.1 Å². The molecule has 0 aliphatic heterocycles. The third kappa shape index (κ3) is 3.98. The lowest BCUT2D eigenvalue weighted by molar-refractivity contribution is 0.413. The number of benzene rings is 2. The second-order valence-corrected chi connectivity index (χ2v) is 8.40. The minimum Gasteiger partial charge on any atom is -0.497 e. The highest BCUT2D eigenvalue weighted by Gasteiger charge is 2.21. The predicted octanol–water partition coefficient (Wildman–Crippen LogP) is 4.72. The molecular weight excluding hydrogens is 378 g/mol. The van der Waals surface area contributed by atoms with Crippen LogP contribution < -0.4 is 10.1 Å². The Balaban J connectivity index is 0.00000225. The molecule has 1 heterocycles. The first-order chi connectivity index (χ1) is 11.5. The molecule has 0 aliphatic rings. The van der Waals surface area contributed by atoms with E-state index in [1.165, 1.54) is 18.4 Å². The number of hydrogen-bond acceptors (Lipinski definition) is 5. The fraction of sp³-hybridized carbons (Fsp3) is 0.111. The van der Waals surface area contributed by atoms with E-state index in [4.69, 9.17) is 4.74 Å². The van der Waals surface area contributed by atoms with Crippen molar-refractivity contribution in [2.24, 2.45) is 0 Å². The molecule has 0 atom stereocenters. The molecule has 0 bridgehead atoms. The molecule has 25 heavy (non-hydrogen) atoms. The van der Waals surface area contributed by atoms with Gasteiger partial charge in [0.2, 0.25) is 9.84 Å². The molecule has 3 rings (SSSR count). The molecule has 0 amide bonds. The lowest BCUT2D eigenvalue weighted by atomic mass is 10.1. The Morgan fingerprint density at radius 3 is 2.28 bits per heavy atom. The second-order valence-electron chi connectivity index (χ2n) is 5.14. The van der Waals surface area contributed by atoms with E-state index >= 15 is 0 Å². The maximum absolute atomic E-state index is 12.9. The Morgan fingerprint density at radius 1 is 0.960 bits per heavy atom. The van der Waals surface area contributed by atoms with Crippen molar-refractivity contribution in [2.75, 3.05) is 19.5 Å². The van der Waals surface area contributed by atoms with Crippen LogP contribution in [0.5, 0.6) is 5.75 Å². The van der Waals surface area contributed by atoms with Crippen LogP contribution in [0.3, 0.4) is 0 Å². The lowest BCUT2D eigenvalue weighted by Gasteiger charge is -2.09. The third-order valence-corrected chi connectivity index (χ3v) is 6.95. The zero-order valence-electron chi connectivity index (χ0n) is 13.7. The Morgan fingerprint density at radius 2 is 1.68 bits per heavy atom. The number of hydrogen-bond donors (Lipinski definition) is 1. The summed E-state index contributed by atoms with van der Waals surface area (Å²) in [7, 11) is -0.295. The van der Waals surface area contributed by atoms with Crippen molar-refractivity contribution in [3.63, 3.8) is 0 Å². The smallest absolute Gasteiger partial charge is 0.216 e. The first kappa shape index (κ1) is 19.3. The van der Waals surface area contributed by atoms with E-state index < -0.39 is 9.84 Å². The molecule has 2 aromatic carbocycles. The van der Waals surface area contributed by atoms with Crippen LogP contribution in [0, 0.1) is 0 Å². The summed E-state index contributed by atoms with van der Waals surface area (Å²) in [5.41, 5.74) is 1.74. The summed E-state index contributed by atoms with van der Waals surface area (Å²) < 4.78 is 31.5. The van der Waals surface area contributed by atoms with Gasteiger partial charge in [-0.05, 0) is 41.5 Å². The van der Waals surface area contributed by atoms with E-state index in [-0.39, 0.29) is 17.3 Å². The standard InChI is InChI=1S/C18H17NO3S2.ClH/c1-19-17-8-9-18(23-17)24(20,21)16-11-14(10-15(12-16)22-2)13-6-4-3-5-7-13;/h3-12,19H,1-2H3;1H. The average Bonchev–Trinajstić information content (AvgIpc) is 3.12. The van der Waals surface area contributed by atoms with Gasteiger partial charge in [-0.3, -0.25) is 0 Å². The molecule has 4 nitrogen and oxygen atoms in total. The number of rotatable bonds is 5. The SMILES string of the molecule is CNc1ccc(S(=O)(=O)c2cc(OC)cc(-c3ccccc3)c2)s1.Cl. The number of nitrogens with one attached hydrogen (secondary N) is 1. The van der Waals surface area contributed by atoms with Gasteiger partial charge in [-0.15, -0.1) is 23.7 Å². The number of anilines is 1. The lowest BCUT2D eigenvalue weighted by Crippen LogP contribution is -2.01. The zero-order valence-corrected chi connectivity index (χ0v) is 16.2. The highest BCUT2D eigenvalue weighted by Crippen LogP contribution is 2.34. The van der Waals surface area contributed by atoms with Crippen LogP contribution in [-0.2, 0) is 9.84 Å². The van der Waals surface area contributed by atoms with Gasteiger partial charge in [0.25, 0.3) is 0 Å². The summed E-state index contributed by atoms with van der Waals surface area (Å²) in [5.74, 6) is 0.514. The summed E-state index contributed by atoms with van der Waals surface area (Å²) in [4.78, 5) is 0.227. The number of ether oxygens (including phenoxy) is 1. The third-order valence-electron chi connectivity index (χ3n) is 3.63. The van der Waals surface area contributed by atoms with Crippen molar-refractivity contribution in [3.05, 3.63) is 60.7 Å². The minimum atomic E-state index is -3.59. The van der Waals surface area contributed by atoms with Crippen LogP contribution in [0.4, 0.5) is 5.00 Å². The maximum atomic E-state index is 12.9. The molecular formula is C18H18ClNO3S2. The van der Waals surface area contributed by atoms with E-state index in [1.807, 2.05) is 36.4 Å². The van der Waals surface area contributed by atoms with Gasteiger partial charge in [-0.2, -0.15) is 0 Å². The molecule has 0 radical (unpaired) electrons. The van der Waals surface area contributed by atoms with Gasteiger partial charge in [-0.25, -0.2) is 8.42 Å². The molecule has 0 saturated heterocycles. The molecule has 7 heteroatoms. The highest BCUT2D eigenvalue weighted by molar-refractivity contribution is 7.93. The molecule has 1 aromatic heterocycles. The first-order valence-electron chi connectivity index (χ1n) is 7.32. The van der Waals surface area contributed by atoms with E-state index in [1.54, 1.807) is 31.3 Å². The van der Waals surface area contributed by atoms with E-state index in [9.17, 15) is 8.42 Å². The molecule has 1 N–H and O–H groups in total. The van der Waals surface area contributed by atoms with Crippen molar-refractivity contribution in [2.45, 2.75) is 9.10 Å². The minimum absolute atomic E-state index is 0. The van der Waals surface area contributed by atoms with E-state index in [0.29, 0.717) is 9.96 Å². The van der Waals surface area contributed by atoms with Crippen LogP contribution in [0.2, 0.25) is 0 Å². The molecule has 132 valence electrons. The van der Waals surface area contributed by atoms with Gasteiger partial charge in [0, 0.05) is 7.05 Å². The van der Waals surface area contributed by atoms with Crippen LogP contribution >= 0.6 is 23.7 Å². The van der Waals surface area contributed by atoms with Gasteiger partial charge < -0.3 is 10.1 Å². The van der Waals surface area contributed by atoms with Crippen LogP contribution in [0.25, 0.3) is 11.1 Å². The van der Waals surface area contributed by atoms with Crippen molar-refractivity contribution in [3.8, 4) is 16.9 Å². The first-order valence-corrected chi connectivity index (χ1v) is 9.62. The normalized spacial score (nSPS) is 10.8. The van der Waals surface area contributed by atoms with Gasteiger partial charge in [-0.1, -0.05) is 30.3 Å². The van der Waals surface area contributed by atoms with Crippen LogP contribution in [-0.4, -0.2) is 22.6 Å². The van der Waals surface area contributed by atoms with Crippen molar-refractivity contribution in [1.82, 2.24) is 0 Å². The number of thiophene rings is 1. The number of sulfone groups is 1. The van der Waals surface area contributed by atoms with Gasteiger partial charge in [0.1, 0.15) is 9.96 Å². The van der Waals surface area contributed by atoms with Crippen molar-refractivity contribution < 1.29 is 13.2 Å². The van der Waals surface area contributed by atoms with Gasteiger partial charge >= 0.3 is 0 Å². The Kier molecular flexibility index (Phi) is 6.11. The van der Waals surface area contributed by atoms with Gasteiger partial charge in [0.05, 0.1) is 17.0 Å². The van der Waals surface area contributed by atoms with Gasteiger partial charge in [0.15, 0.2) is 0 Å². The summed E-state index contributed by atoms with van der Waals surface area (Å²) in [6, 6.07) is 18.1. The Hall–Kier alpha value is -2.02. The summed E-state index contributed by atoms with van der Waals surface area (Å²) in [6.07, 6.45) is 0. The average molecular weight is 396 g/mol. The molecule has 0 spiro atoms. The fourth-order valence-corrected chi connectivity index (χ4v) is 4.98. The fourth-order valence-electron chi connectivity index (χ4n) is 2.36. The molecule has 0 aliphatic carbocycles. The van der Waals surface area contributed by atoms with Crippen LogP contribution in [0.15, 0.2) is 69.8 Å². The van der Waals surface area contributed by atoms with Crippen LogP contribution in [0.1, 0.15) is 0 Å². The Labute approximate surface area is 157 Å². The topological polar surface area (TPSA) is 55.4 Å². The quantitative estimate of drug-likeness (QED) is 0.679. The number of methoxy groups -OCH3 is 1. The highest BCUT2D eigenvalue weighted by atomic mass is 35.5. The zero-order chi connectivity index (χ0) is 17.2. The molecule has 0 saturated carbocycles. The summed E-state index contributed by atoms with van der Waals surface area (Å²) >= 11 is 1.21. The largest absolute Gasteiger partial charge is 0.497 e. The molecule has 0 fully saturated rings. The van der Waals surface area contributed by atoms with Crippen molar-refractivity contribution >= 4 is 38.6 Å². The summed E-state index contributed by atoms with van der Waals surface area (Å²) in [6.45, 7) is 0. The molecule has 3 aromatic rings. The second kappa shape index (κ2) is 7.91. The maximum Gasteiger partial charge on any atom is 0.216 e. The van der Waals surface area contributed by atoms with Crippen molar-refractivity contribution in [1.29, 1.82) is 0 Å².